The van der Waals surface area contributed by atoms with Gasteiger partial charge in [0, 0.05) is 0 Å². The molecular formula is C20H33IN8O2S. The molecule has 32 heavy (non-hydrogen) atoms. The average Bonchev–Trinajstić information content (AvgIpc) is 3.02. The minimum atomic E-state index is -2.37. The van der Waals surface area contributed by atoms with Crippen molar-refractivity contribution in [3.05, 3.63) is 21.8 Å². The third-order valence-electron chi connectivity index (χ3n) is 5.78. The van der Waals surface area contributed by atoms with Crippen molar-refractivity contribution in [1.29, 1.82) is 5.26 Å². The van der Waals surface area contributed by atoms with Crippen molar-refractivity contribution in [1.82, 2.24) is 20.0 Å². The normalized spacial score (nSPS) is 23.9. The molecule has 1 fully saturated rings. The van der Waals surface area contributed by atoms with Gasteiger partial charge in [-0.05, 0) is 0 Å². The molecule has 0 saturated carbocycles. The van der Waals surface area contributed by atoms with Gasteiger partial charge >= 0.3 is 202 Å². The molecule has 1 aromatic heterocycles. The van der Waals surface area contributed by atoms with E-state index in [-0.39, 0.29) is 20.7 Å². The van der Waals surface area contributed by atoms with Crippen LogP contribution >= 0.6 is 31.2 Å². The summed E-state index contributed by atoms with van der Waals surface area (Å²) in [6.07, 6.45) is 1.29. The summed E-state index contributed by atoms with van der Waals surface area (Å²) in [6, 6.07) is 1.86. The average molecular weight is 577 g/mol. The van der Waals surface area contributed by atoms with Crippen LogP contribution in [0.25, 0.3) is 5.84 Å². The standard InChI is InChI=1S/C20H33IN8O2S/c1-5-7-28(20(31)25-6-8-26(2)3)19(30)21-12-27(4)17-9-16-15(11-29(17,24)13-21)14(10-22)18(23)32-16/h17,24H,5-9,11-13,23H2,1-4H3,(H,25,31)/t17-,29?/m0/s1. The number of nitriles is 1. The van der Waals surface area contributed by atoms with E-state index in [1.165, 1.54) is 16.2 Å². The number of nitrogens with two attached hydrogens (primary N) is 1. The summed E-state index contributed by atoms with van der Waals surface area (Å²) < 4.78 is 0.999. The fourth-order valence-electron chi connectivity index (χ4n) is 4.20. The third kappa shape index (κ3) is 5.02. The number of nitrogens with one attached hydrogen (secondary N) is 2. The van der Waals surface area contributed by atoms with Crippen molar-refractivity contribution in [3.63, 3.8) is 0 Å². The molecule has 3 amide bonds. The third-order valence-corrected chi connectivity index (χ3v) is 12.7. The van der Waals surface area contributed by atoms with Gasteiger partial charge in [0.05, 0.1) is 0 Å². The maximum atomic E-state index is 13.5. The number of halogens is 1. The number of nitrogens with zero attached hydrogens (tertiary/aromatic N) is 5. The van der Waals surface area contributed by atoms with Gasteiger partial charge in [0.15, 0.2) is 0 Å². The Morgan fingerprint density at radius 3 is 2.78 bits per heavy atom. The van der Waals surface area contributed by atoms with Crippen molar-refractivity contribution in [3.8, 4) is 6.07 Å². The summed E-state index contributed by atoms with van der Waals surface area (Å²) >= 11 is -0.924. The zero-order chi connectivity index (χ0) is 23.6. The van der Waals surface area contributed by atoms with Crippen LogP contribution in [0.3, 0.4) is 0 Å². The molecule has 1 unspecified atom stereocenters. The molecule has 0 bridgehead atoms. The predicted octanol–water partition coefficient (Wildman–Crippen LogP) is 2.84. The Morgan fingerprint density at radius 2 is 2.16 bits per heavy atom. The van der Waals surface area contributed by atoms with Crippen LogP contribution in [0.15, 0.2) is 0 Å². The second kappa shape index (κ2) is 10.2. The number of alkyl halides is 2. The Kier molecular flexibility index (Phi) is 8.00. The predicted molar refractivity (Wildman–Crippen MR) is 135 cm³/mol. The van der Waals surface area contributed by atoms with Gasteiger partial charge < -0.3 is 0 Å². The van der Waals surface area contributed by atoms with E-state index >= 15 is 0 Å². The first-order chi connectivity index (χ1) is 15.1. The summed E-state index contributed by atoms with van der Waals surface area (Å²) in [5.41, 5.74) is 7.41. The van der Waals surface area contributed by atoms with Crippen LogP contribution in [0, 0.1) is 11.3 Å². The number of thiophene rings is 1. The first kappa shape index (κ1) is 25.1. The fraction of sp³-hybridized carbons (Fsp3) is 0.650. The number of nitrogen functional groups attached to an aromatic ring is 1. The van der Waals surface area contributed by atoms with Crippen molar-refractivity contribution in [2.75, 3.05) is 55.6 Å². The molecule has 0 spiro atoms. The number of carbonyl (C=O) groups excluding carboxylic acids is 2. The number of urea groups is 1. The van der Waals surface area contributed by atoms with Gasteiger partial charge in [0.25, 0.3) is 0 Å². The van der Waals surface area contributed by atoms with E-state index in [1.54, 1.807) is 0 Å². The van der Waals surface area contributed by atoms with Crippen LogP contribution < -0.4 is 11.1 Å². The summed E-state index contributed by atoms with van der Waals surface area (Å²) in [7, 11) is 5.84. The number of fused-ring (bicyclic) bond motifs is 2. The van der Waals surface area contributed by atoms with Crippen LogP contribution in [-0.4, -0.2) is 85.3 Å². The van der Waals surface area contributed by atoms with Gasteiger partial charge in [0.1, 0.15) is 0 Å². The zero-order valence-corrected chi connectivity index (χ0v) is 22.1. The first-order valence-electron chi connectivity index (χ1n) is 10.6. The summed E-state index contributed by atoms with van der Waals surface area (Å²) in [5, 5.41) is 12.9. The Hall–Kier alpha value is -1.50. The zero-order valence-electron chi connectivity index (χ0n) is 19.2. The number of carbonyl (C=O) groups is 2. The van der Waals surface area contributed by atoms with E-state index in [0.29, 0.717) is 58.7 Å². The minimum absolute atomic E-state index is 0.0346. The van der Waals surface area contributed by atoms with Crippen molar-refractivity contribution < 1.29 is 14.2 Å². The SMILES string of the molecule is CCCN(C(=O)NCCN(C)C)C(=O)I1CN(C)[C@@H]2Cc3sc(N)c(C#N)c3C[N+]2([NH-])C1. The molecule has 3 heterocycles. The molecule has 2 aliphatic heterocycles. The number of anilines is 1. The van der Waals surface area contributed by atoms with Gasteiger partial charge in [-0.15, -0.1) is 0 Å². The number of rotatable bonds is 6. The van der Waals surface area contributed by atoms with E-state index in [9.17, 15) is 20.7 Å². The van der Waals surface area contributed by atoms with Crippen LogP contribution in [0.2, 0.25) is 0 Å². The Morgan fingerprint density at radius 1 is 1.44 bits per heavy atom. The molecule has 2 aliphatic rings. The summed E-state index contributed by atoms with van der Waals surface area (Å²) in [5.74, 6) is 9.26. The van der Waals surface area contributed by atoms with Crippen LogP contribution in [0.1, 0.15) is 29.3 Å². The number of hydrogen-bond donors (Lipinski definition) is 2. The van der Waals surface area contributed by atoms with E-state index in [2.05, 4.69) is 16.3 Å². The number of amides is 3. The Labute approximate surface area is 201 Å². The molecule has 1 saturated heterocycles. The molecule has 0 aromatic carbocycles. The molecule has 12 heteroatoms. The van der Waals surface area contributed by atoms with E-state index < -0.39 is 19.8 Å². The molecule has 1 aromatic rings. The van der Waals surface area contributed by atoms with Gasteiger partial charge in [0.2, 0.25) is 0 Å². The molecule has 4 N–H and O–H groups in total. The van der Waals surface area contributed by atoms with Gasteiger partial charge in [-0.25, -0.2) is 0 Å². The number of hydrogen-bond acceptors (Lipinski definition) is 7. The Balaban J connectivity index is 1.79. The quantitative estimate of drug-likeness (QED) is 0.176. The van der Waals surface area contributed by atoms with Gasteiger partial charge in [-0.3, -0.25) is 0 Å². The number of quaternary nitrogens is 1. The molecule has 3 rings (SSSR count). The van der Waals surface area contributed by atoms with E-state index in [1.807, 2.05) is 33.0 Å². The fourth-order valence-corrected chi connectivity index (χ4v) is 11.3. The monoisotopic (exact) mass is 576 g/mol. The molecule has 178 valence electrons. The van der Waals surface area contributed by atoms with E-state index in [4.69, 9.17) is 5.73 Å². The Bertz CT molecular complexity index is 916. The molecule has 10 nitrogen and oxygen atoms in total. The first-order valence-corrected chi connectivity index (χ1v) is 15.5. The number of imide groups is 1. The van der Waals surface area contributed by atoms with E-state index in [0.717, 1.165) is 10.4 Å². The second-order valence-electron chi connectivity index (χ2n) is 8.62. The molecule has 2 atom stereocenters. The van der Waals surface area contributed by atoms with Crippen LogP contribution in [0.4, 0.5) is 14.6 Å². The summed E-state index contributed by atoms with van der Waals surface area (Å²) in [6.45, 7) is 3.90. The van der Waals surface area contributed by atoms with Crippen LogP contribution in [0.5, 0.6) is 0 Å². The van der Waals surface area contributed by atoms with Crippen molar-refractivity contribution in [2.45, 2.75) is 32.5 Å². The molecular weight excluding hydrogens is 543 g/mol. The van der Waals surface area contributed by atoms with Gasteiger partial charge in [-0.2, -0.15) is 0 Å². The maximum absolute atomic E-state index is 13.5. The summed E-state index contributed by atoms with van der Waals surface area (Å²) in [4.78, 5) is 32.8. The molecule has 0 aliphatic carbocycles. The van der Waals surface area contributed by atoms with Crippen molar-refractivity contribution in [2.24, 2.45) is 0 Å². The topological polar surface area (TPSA) is 130 Å². The van der Waals surface area contributed by atoms with Crippen molar-refractivity contribution >= 4 is 46.1 Å². The second-order valence-corrected chi connectivity index (χ2v) is 14.7. The van der Waals surface area contributed by atoms with Gasteiger partial charge in [-0.1, -0.05) is 0 Å². The number of likely N-dealkylation sites (N-methyl/N-ethyl adjacent to an activating group) is 2. The molecule has 0 radical (unpaired) electrons. The van der Waals surface area contributed by atoms with Crippen LogP contribution in [-0.2, 0) is 13.0 Å².